The van der Waals surface area contributed by atoms with Crippen LogP contribution in [-0.4, -0.2) is 16.7 Å². The average Bonchev–Trinajstić information content (AvgIpc) is 2.72. The lowest BCUT2D eigenvalue weighted by molar-refractivity contribution is 1.18. The third-order valence-corrected chi connectivity index (χ3v) is 4.02. The molecular formula is C11H11NS2. The normalized spacial score (nSPS) is 15.3. The van der Waals surface area contributed by atoms with Gasteiger partial charge in [-0.1, -0.05) is 60.4 Å². The van der Waals surface area contributed by atoms with Crippen molar-refractivity contribution in [1.29, 1.82) is 0 Å². The molecule has 0 fully saturated rings. The van der Waals surface area contributed by atoms with E-state index in [1.54, 1.807) is 11.8 Å². The van der Waals surface area contributed by atoms with Crippen LogP contribution >= 0.6 is 23.5 Å². The molecule has 0 atom stereocenters. The van der Waals surface area contributed by atoms with E-state index >= 15 is 0 Å². The van der Waals surface area contributed by atoms with Crippen LogP contribution < -0.4 is 0 Å². The number of hydrogen-bond acceptors (Lipinski definition) is 3. The van der Waals surface area contributed by atoms with Crippen molar-refractivity contribution in [2.45, 2.75) is 0 Å². The van der Waals surface area contributed by atoms with Crippen molar-refractivity contribution in [2.24, 2.45) is 4.99 Å². The maximum atomic E-state index is 4.38. The molecule has 1 aromatic carbocycles. The minimum absolute atomic E-state index is 0.953. The monoisotopic (exact) mass is 221 g/mol. The number of rotatable bonds is 2. The molecule has 0 aliphatic carbocycles. The highest BCUT2D eigenvalue weighted by molar-refractivity contribution is 8.42. The summed E-state index contributed by atoms with van der Waals surface area (Å²) in [6.45, 7) is 5.01. The molecule has 2 rings (SSSR count). The van der Waals surface area contributed by atoms with E-state index in [0.29, 0.717) is 0 Å². The number of benzene rings is 1. The fourth-order valence-corrected chi connectivity index (χ4v) is 3.11. The topological polar surface area (TPSA) is 12.4 Å². The van der Waals surface area contributed by atoms with E-state index in [9.17, 15) is 0 Å². The summed E-state index contributed by atoms with van der Waals surface area (Å²) >= 11 is 3.50. The molecule has 72 valence electrons. The number of nitrogens with zero attached hydrogens (tertiary/aromatic N) is 1. The third-order valence-electron chi connectivity index (χ3n) is 1.86. The van der Waals surface area contributed by atoms with E-state index in [1.165, 1.54) is 5.56 Å². The van der Waals surface area contributed by atoms with Gasteiger partial charge >= 0.3 is 0 Å². The number of hydrogen-bond donors (Lipinski definition) is 0. The smallest absolute Gasteiger partial charge is 0.129 e. The third kappa shape index (κ3) is 2.42. The lowest BCUT2D eigenvalue weighted by atomic mass is 10.2. The van der Waals surface area contributed by atoms with Crippen molar-refractivity contribution in [3.63, 3.8) is 0 Å². The molecule has 1 aromatic rings. The van der Waals surface area contributed by atoms with Crippen molar-refractivity contribution < 1.29 is 0 Å². The molecule has 0 saturated heterocycles. The number of aliphatic imine (C=N–C) groups is 1. The molecule has 14 heavy (non-hydrogen) atoms. The zero-order valence-corrected chi connectivity index (χ0v) is 9.40. The quantitative estimate of drug-likeness (QED) is 0.758. The van der Waals surface area contributed by atoms with Crippen molar-refractivity contribution in [3.8, 4) is 0 Å². The van der Waals surface area contributed by atoms with Crippen LogP contribution in [0.4, 0.5) is 0 Å². The summed E-state index contributed by atoms with van der Waals surface area (Å²) in [5.41, 5.74) is 1.19. The summed E-state index contributed by atoms with van der Waals surface area (Å²) in [7, 11) is 0. The van der Waals surface area contributed by atoms with Crippen molar-refractivity contribution in [1.82, 2.24) is 0 Å². The van der Waals surface area contributed by atoms with Gasteiger partial charge in [0.15, 0.2) is 0 Å². The lowest BCUT2D eigenvalue weighted by Crippen LogP contribution is -1.82. The van der Waals surface area contributed by atoms with Gasteiger partial charge in [0.05, 0.1) is 6.54 Å². The first-order chi connectivity index (χ1) is 6.86. The Kier molecular flexibility index (Phi) is 3.32. The highest BCUT2D eigenvalue weighted by atomic mass is 32.2. The summed E-state index contributed by atoms with van der Waals surface area (Å²) in [4.78, 5) is 5.47. The molecule has 1 nitrogen and oxygen atoms in total. The minimum Gasteiger partial charge on any atom is -0.271 e. The minimum atomic E-state index is 0.953. The second-order valence-corrected chi connectivity index (χ2v) is 5.31. The van der Waals surface area contributed by atoms with E-state index in [2.05, 4.69) is 23.7 Å². The molecule has 0 unspecified atom stereocenters. The Bertz CT molecular complexity index is 357. The second-order valence-electron chi connectivity index (χ2n) is 2.89. The summed E-state index contributed by atoms with van der Waals surface area (Å²) in [6, 6.07) is 10.2. The Morgan fingerprint density at radius 3 is 2.79 bits per heavy atom. The van der Waals surface area contributed by atoms with E-state index in [-0.39, 0.29) is 0 Å². The fourth-order valence-electron chi connectivity index (χ4n) is 1.17. The first-order valence-electron chi connectivity index (χ1n) is 4.46. The van der Waals surface area contributed by atoms with Gasteiger partial charge in [0.2, 0.25) is 0 Å². The van der Waals surface area contributed by atoms with Crippen molar-refractivity contribution in [3.05, 3.63) is 42.5 Å². The van der Waals surface area contributed by atoms with E-state index in [0.717, 1.165) is 21.6 Å². The molecule has 0 saturated carbocycles. The van der Waals surface area contributed by atoms with Crippen molar-refractivity contribution in [2.75, 3.05) is 12.3 Å². The van der Waals surface area contributed by atoms with Crippen LogP contribution in [0, 0.1) is 0 Å². The number of thioether (sulfide) groups is 2. The van der Waals surface area contributed by atoms with Gasteiger partial charge in [0, 0.05) is 10.7 Å². The molecule has 1 aliphatic heterocycles. The predicted molar refractivity (Wildman–Crippen MR) is 67.8 cm³/mol. The molecule has 0 radical (unpaired) electrons. The standard InChI is InChI=1S/C11H11NS2/c1-9(10-5-3-2-4-6-10)14-11-12-7-8-13-11/h2-6H,1,7-8H2. The molecule has 0 spiro atoms. The van der Waals surface area contributed by atoms with Gasteiger partial charge in [-0.3, -0.25) is 4.99 Å². The van der Waals surface area contributed by atoms with Gasteiger partial charge in [0.25, 0.3) is 0 Å². The van der Waals surface area contributed by atoms with E-state index < -0.39 is 0 Å². The molecule has 0 bridgehead atoms. The molecular weight excluding hydrogens is 210 g/mol. The molecule has 0 amide bonds. The van der Waals surface area contributed by atoms with Crippen molar-refractivity contribution >= 4 is 32.8 Å². The maximum absolute atomic E-state index is 4.38. The first kappa shape index (κ1) is 9.87. The summed E-state index contributed by atoms with van der Waals surface area (Å²) in [6.07, 6.45) is 0. The fraction of sp³-hybridized carbons (Fsp3) is 0.182. The van der Waals surface area contributed by atoms with Gasteiger partial charge in [0.1, 0.15) is 4.38 Å². The van der Waals surface area contributed by atoms with Crippen LogP contribution in [0.3, 0.4) is 0 Å². The Hall–Kier alpha value is -0.670. The molecule has 0 aromatic heterocycles. The molecule has 3 heteroatoms. The molecule has 1 aliphatic rings. The van der Waals surface area contributed by atoms with Crippen LogP contribution in [0.15, 0.2) is 41.9 Å². The SMILES string of the molecule is C=C(SC1=NCCS1)c1ccccc1. The molecule has 0 N–H and O–H groups in total. The largest absolute Gasteiger partial charge is 0.271 e. The Labute approximate surface area is 92.7 Å². The molecule has 1 heterocycles. The van der Waals surface area contributed by atoms with Crippen LogP contribution in [0.1, 0.15) is 5.56 Å². The summed E-state index contributed by atoms with van der Waals surface area (Å²) < 4.78 is 1.15. The van der Waals surface area contributed by atoms with Gasteiger partial charge in [-0.05, 0) is 5.56 Å². The Morgan fingerprint density at radius 2 is 2.14 bits per heavy atom. The van der Waals surface area contributed by atoms with Crippen LogP contribution in [0.25, 0.3) is 4.91 Å². The van der Waals surface area contributed by atoms with Crippen LogP contribution in [0.5, 0.6) is 0 Å². The average molecular weight is 221 g/mol. The van der Waals surface area contributed by atoms with Crippen LogP contribution in [0.2, 0.25) is 0 Å². The second kappa shape index (κ2) is 4.71. The van der Waals surface area contributed by atoms with E-state index in [4.69, 9.17) is 0 Å². The highest BCUT2D eigenvalue weighted by Gasteiger charge is 2.09. The first-order valence-corrected chi connectivity index (χ1v) is 6.26. The Morgan fingerprint density at radius 1 is 1.36 bits per heavy atom. The van der Waals surface area contributed by atoms with Crippen LogP contribution in [-0.2, 0) is 0 Å². The zero-order chi connectivity index (χ0) is 9.80. The summed E-state index contributed by atoms with van der Waals surface area (Å²) in [5, 5.41) is 0. The van der Waals surface area contributed by atoms with Gasteiger partial charge in [-0.15, -0.1) is 0 Å². The predicted octanol–water partition coefficient (Wildman–Crippen LogP) is 3.49. The van der Waals surface area contributed by atoms with Gasteiger partial charge in [-0.2, -0.15) is 0 Å². The van der Waals surface area contributed by atoms with Gasteiger partial charge in [-0.25, -0.2) is 0 Å². The Balaban J connectivity index is 2.03. The van der Waals surface area contributed by atoms with Gasteiger partial charge < -0.3 is 0 Å². The summed E-state index contributed by atoms with van der Waals surface area (Å²) in [5.74, 6) is 1.12. The highest BCUT2D eigenvalue weighted by Crippen LogP contribution is 2.32. The lowest BCUT2D eigenvalue weighted by Gasteiger charge is -2.03. The van der Waals surface area contributed by atoms with E-state index in [1.807, 2.05) is 30.0 Å². The zero-order valence-electron chi connectivity index (χ0n) is 7.77. The maximum Gasteiger partial charge on any atom is 0.129 e.